The highest BCUT2D eigenvalue weighted by Gasteiger charge is 2.28. The van der Waals surface area contributed by atoms with E-state index in [1.54, 1.807) is 25.7 Å². The highest BCUT2D eigenvalue weighted by molar-refractivity contribution is 9.12. The first-order valence-corrected chi connectivity index (χ1v) is 15.7. The Hall–Kier alpha value is 0.1000. The molecule has 2 aromatic carbocycles. The minimum Gasteiger partial charge on any atom is -0.0829 e. The maximum Gasteiger partial charge on any atom is 0.0561 e. The summed E-state index contributed by atoms with van der Waals surface area (Å²) in [7, 11) is 0. The molecule has 4 atom stereocenters. The van der Waals surface area contributed by atoms with E-state index >= 15 is 0 Å². The first-order chi connectivity index (χ1) is 15.5. The molecule has 4 aliphatic rings. The molecule has 0 aliphatic heterocycles. The maximum atomic E-state index is 3.80. The molecule has 0 nitrogen and oxygen atoms in total. The number of alkyl halides is 4. The Bertz CT molecular complexity index is 944. The summed E-state index contributed by atoms with van der Waals surface area (Å²) in [6, 6.07) is 9.04. The Kier molecular flexibility index (Phi) is 7.73. The van der Waals surface area contributed by atoms with E-state index < -0.39 is 0 Å². The maximum absolute atomic E-state index is 3.80. The number of fused-ring (bicyclic) bond motifs is 5. The van der Waals surface area contributed by atoms with Crippen LogP contribution in [0, 0.1) is 11.8 Å². The molecule has 0 aromatic heterocycles. The molecule has 4 heteroatoms. The Balaban J connectivity index is 0.000000180. The molecular weight excluding hydrogens is 656 g/mol. The van der Waals surface area contributed by atoms with Crippen LogP contribution in [-0.4, -0.2) is 9.65 Å². The van der Waals surface area contributed by atoms with Crippen molar-refractivity contribution >= 4 is 86.6 Å². The Morgan fingerprint density at radius 3 is 1.28 bits per heavy atom. The molecule has 6 rings (SSSR count). The standard InChI is InChI=1S/C18H12Br4.C10H18/c19-15-8-6-12-10-2-4-14-11(5-7-16(20)18(14)22)9(10)1-3-13(12)17(15)21;1-2-6-9(5-1)10-7-3-4-8-10/h1-8,15-18H;9-10H,1-8H2. The largest absolute Gasteiger partial charge is 0.0829 e. The lowest BCUT2D eigenvalue weighted by Gasteiger charge is -2.26. The van der Waals surface area contributed by atoms with Crippen molar-refractivity contribution in [3.8, 4) is 0 Å². The van der Waals surface area contributed by atoms with Gasteiger partial charge in [-0.25, -0.2) is 0 Å². The third-order valence-electron chi connectivity index (χ3n) is 7.86. The van der Waals surface area contributed by atoms with Crippen molar-refractivity contribution < 1.29 is 0 Å². The van der Waals surface area contributed by atoms with Gasteiger partial charge in [0, 0.05) is 9.65 Å². The van der Waals surface area contributed by atoms with Crippen LogP contribution in [0.4, 0.5) is 0 Å². The molecule has 0 bridgehead atoms. The van der Waals surface area contributed by atoms with Crippen molar-refractivity contribution in [1.29, 1.82) is 0 Å². The van der Waals surface area contributed by atoms with Gasteiger partial charge in [-0.15, -0.1) is 0 Å². The zero-order chi connectivity index (χ0) is 22.2. The van der Waals surface area contributed by atoms with Gasteiger partial charge in [0.25, 0.3) is 0 Å². The highest BCUT2D eigenvalue weighted by Crippen LogP contribution is 2.45. The van der Waals surface area contributed by atoms with Crippen LogP contribution in [0.5, 0.6) is 0 Å². The second kappa shape index (κ2) is 10.4. The van der Waals surface area contributed by atoms with Gasteiger partial charge in [0.15, 0.2) is 0 Å². The van der Waals surface area contributed by atoms with Crippen LogP contribution in [0.3, 0.4) is 0 Å². The second-order valence-electron chi connectivity index (χ2n) is 9.73. The van der Waals surface area contributed by atoms with Gasteiger partial charge in [-0.1, -0.05) is 164 Å². The van der Waals surface area contributed by atoms with Gasteiger partial charge >= 0.3 is 0 Å². The molecule has 0 heterocycles. The summed E-state index contributed by atoms with van der Waals surface area (Å²) in [6.45, 7) is 0. The van der Waals surface area contributed by atoms with Crippen molar-refractivity contribution in [3.05, 3.63) is 58.7 Å². The molecule has 4 unspecified atom stereocenters. The topological polar surface area (TPSA) is 0 Å². The lowest BCUT2D eigenvalue weighted by molar-refractivity contribution is 0.347. The molecule has 170 valence electrons. The number of hydrogen-bond donors (Lipinski definition) is 0. The number of rotatable bonds is 1. The Morgan fingerprint density at radius 2 is 0.906 bits per heavy atom. The summed E-state index contributed by atoms with van der Waals surface area (Å²) in [5, 5.41) is 2.66. The highest BCUT2D eigenvalue weighted by atomic mass is 79.9. The van der Waals surface area contributed by atoms with Crippen LogP contribution < -0.4 is 0 Å². The van der Waals surface area contributed by atoms with Crippen molar-refractivity contribution in [2.75, 3.05) is 0 Å². The van der Waals surface area contributed by atoms with E-state index in [1.807, 2.05) is 0 Å². The number of halogens is 4. The average molecular weight is 686 g/mol. The van der Waals surface area contributed by atoms with E-state index in [0.29, 0.717) is 19.3 Å². The zero-order valence-corrected chi connectivity index (χ0v) is 24.6. The van der Waals surface area contributed by atoms with Crippen LogP contribution in [0.15, 0.2) is 36.4 Å². The van der Waals surface area contributed by atoms with Gasteiger partial charge in [0.05, 0.1) is 9.65 Å². The van der Waals surface area contributed by atoms with E-state index in [2.05, 4.69) is 112 Å². The smallest absolute Gasteiger partial charge is 0.0561 e. The fourth-order valence-corrected chi connectivity index (χ4v) is 8.14. The fraction of sp³-hybridized carbons (Fsp3) is 0.500. The molecule has 0 radical (unpaired) electrons. The Morgan fingerprint density at radius 1 is 0.531 bits per heavy atom. The number of hydrogen-bond acceptors (Lipinski definition) is 0. The lowest BCUT2D eigenvalue weighted by Crippen LogP contribution is -2.11. The summed E-state index contributed by atoms with van der Waals surface area (Å²) >= 11 is 15.0. The van der Waals surface area contributed by atoms with Crippen molar-refractivity contribution in [3.63, 3.8) is 0 Å². The van der Waals surface area contributed by atoms with Gasteiger partial charge in [-0.3, -0.25) is 0 Å². The predicted molar refractivity (Wildman–Crippen MR) is 155 cm³/mol. The Labute approximate surface area is 226 Å². The minimum atomic E-state index is 0.319. The molecule has 0 amide bonds. The normalized spacial score (nSPS) is 29.6. The molecule has 2 aromatic rings. The van der Waals surface area contributed by atoms with Crippen molar-refractivity contribution in [2.45, 2.75) is 70.7 Å². The van der Waals surface area contributed by atoms with E-state index in [4.69, 9.17) is 0 Å². The molecule has 4 aliphatic carbocycles. The van der Waals surface area contributed by atoms with Gasteiger partial charge < -0.3 is 0 Å². The summed E-state index contributed by atoms with van der Waals surface area (Å²) in [5.41, 5.74) is 5.37. The first-order valence-electron chi connectivity index (χ1n) is 12.1. The van der Waals surface area contributed by atoms with Crippen LogP contribution in [0.25, 0.3) is 22.9 Å². The third kappa shape index (κ3) is 4.64. The SMILES string of the molecule is BrC1C=Cc2c(ccc3c4c(ccc23)C(Br)C(Br)C=C4)C1Br.C1CCC(C2CCCC2)C1. The molecule has 0 N–H and O–H groups in total. The summed E-state index contributed by atoms with van der Waals surface area (Å²) in [6.07, 6.45) is 21.3. The molecule has 32 heavy (non-hydrogen) atoms. The average Bonchev–Trinajstić information content (AvgIpc) is 3.52. The summed E-state index contributed by atoms with van der Waals surface area (Å²) in [4.78, 5) is 1.32. The third-order valence-corrected chi connectivity index (χ3v) is 13.1. The van der Waals surface area contributed by atoms with Gasteiger partial charge in [-0.05, 0) is 44.9 Å². The van der Waals surface area contributed by atoms with Crippen molar-refractivity contribution in [1.82, 2.24) is 0 Å². The monoisotopic (exact) mass is 682 g/mol. The molecule has 0 spiro atoms. The van der Waals surface area contributed by atoms with Crippen LogP contribution in [-0.2, 0) is 0 Å². The van der Waals surface area contributed by atoms with E-state index in [9.17, 15) is 0 Å². The zero-order valence-electron chi connectivity index (χ0n) is 18.3. The van der Waals surface area contributed by atoms with Gasteiger partial charge in [0.1, 0.15) is 0 Å². The second-order valence-corrected chi connectivity index (χ2v) is 13.8. The van der Waals surface area contributed by atoms with E-state index in [1.165, 1.54) is 58.7 Å². The van der Waals surface area contributed by atoms with Gasteiger partial charge in [-0.2, -0.15) is 0 Å². The quantitative estimate of drug-likeness (QED) is 0.262. The number of benzene rings is 2. The van der Waals surface area contributed by atoms with Gasteiger partial charge in [0.2, 0.25) is 0 Å². The predicted octanol–water partition coefficient (Wildman–Crippen LogP) is 10.7. The molecule has 2 fully saturated rings. The summed E-state index contributed by atoms with van der Waals surface area (Å²) < 4.78 is 0. The first kappa shape index (κ1) is 23.8. The number of allylic oxidation sites excluding steroid dienone is 2. The van der Waals surface area contributed by atoms with Crippen molar-refractivity contribution in [2.24, 2.45) is 11.8 Å². The van der Waals surface area contributed by atoms with Crippen LogP contribution in [0.1, 0.15) is 83.3 Å². The minimum absolute atomic E-state index is 0.319. The van der Waals surface area contributed by atoms with Crippen LogP contribution in [0.2, 0.25) is 0 Å². The fourth-order valence-electron chi connectivity index (χ4n) is 6.11. The lowest BCUT2D eigenvalue weighted by atomic mass is 9.86. The summed E-state index contributed by atoms with van der Waals surface area (Å²) in [5.74, 6) is 2.31. The molecular formula is C28H30Br4. The van der Waals surface area contributed by atoms with E-state index in [-0.39, 0.29) is 0 Å². The molecule has 0 saturated heterocycles. The molecule has 2 saturated carbocycles. The van der Waals surface area contributed by atoms with E-state index in [0.717, 1.165) is 11.8 Å². The van der Waals surface area contributed by atoms with Crippen LogP contribution >= 0.6 is 63.7 Å².